The van der Waals surface area contributed by atoms with Crippen molar-refractivity contribution in [3.63, 3.8) is 0 Å². The molecule has 0 spiro atoms. The van der Waals surface area contributed by atoms with E-state index >= 15 is 0 Å². The van der Waals surface area contributed by atoms with Gasteiger partial charge in [0.25, 0.3) is 0 Å². The normalized spacial score (nSPS) is 23.1. The maximum absolute atomic E-state index is 11.5. The van der Waals surface area contributed by atoms with Crippen molar-refractivity contribution in [2.24, 2.45) is 0 Å². The van der Waals surface area contributed by atoms with E-state index in [2.05, 4.69) is 0 Å². The van der Waals surface area contributed by atoms with E-state index in [9.17, 15) is 9.59 Å². The maximum atomic E-state index is 11.5. The highest BCUT2D eigenvalue weighted by molar-refractivity contribution is 5.86. The molecule has 5 heteroatoms. The Bertz CT molecular complexity index is 240. The summed E-state index contributed by atoms with van der Waals surface area (Å²) in [5, 5.41) is 8.78. The first-order valence-electron chi connectivity index (χ1n) is 4.21. The predicted octanol–water partition coefficient (Wildman–Crippen LogP) is 0.215. The summed E-state index contributed by atoms with van der Waals surface area (Å²) in [7, 11) is 1.52. The molecule has 1 N–H and O–H groups in total. The summed E-state index contributed by atoms with van der Waals surface area (Å²) < 4.78 is 0. The van der Waals surface area contributed by atoms with Crippen molar-refractivity contribution in [2.45, 2.75) is 25.9 Å². The van der Waals surface area contributed by atoms with Crippen molar-refractivity contribution in [1.82, 2.24) is 9.80 Å². The quantitative estimate of drug-likeness (QED) is 0.670. The Morgan fingerprint density at radius 3 is 2.38 bits per heavy atom. The molecule has 1 fully saturated rings. The fourth-order valence-corrected chi connectivity index (χ4v) is 1.40. The molecule has 1 aliphatic rings. The average molecular weight is 186 g/mol. The molecule has 1 heterocycles. The molecule has 13 heavy (non-hydrogen) atoms. The molecular formula is C8H14N2O3. The van der Waals surface area contributed by atoms with Crippen LogP contribution in [0.25, 0.3) is 0 Å². The molecule has 0 saturated carbocycles. The number of carboxylic acids is 1. The summed E-state index contributed by atoms with van der Waals surface area (Å²) in [4.78, 5) is 25.0. The molecule has 2 amide bonds. The first-order chi connectivity index (χ1) is 5.95. The summed E-state index contributed by atoms with van der Waals surface area (Å²) >= 11 is 0. The van der Waals surface area contributed by atoms with E-state index in [1.54, 1.807) is 4.90 Å². The number of urea groups is 1. The van der Waals surface area contributed by atoms with Crippen molar-refractivity contribution in [3.05, 3.63) is 0 Å². The number of amides is 2. The van der Waals surface area contributed by atoms with Gasteiger partial charge in [0.1, 0.15) is 6.04 Å². The van der Waals surface area contributed by atoms with E-state index in [0.717, 1.165) is 0 Å². The molecule has 0 bridgehead atoms. The van der Waals surface area contributed by atoms with Gasteiger partial charge in [0, 0.05) is 13.1 Å². The number of carboxylic acid groups (broad SMARTS) is 1. The van der Waals surface area contributed by atoms with Gasteiger partial charge in [0.2, 0.25) is 0 Å². The zero-order valence-electron chi connectivity index (χ0n) is 8.02. The maximum Gasteiger partial charge on any atom is 0.328 e. The zero-order valence-corrected chi connectivity index (χ0v) is 8.02. The van der Waals surface area contributed by atoms with Crippen molar-refractivity contribution >= 4 is 12.0 Å². The predicted molar refractivity (Wildman–Crippen MR) is 46.4 cm³/mol. The lowest BCUT2D eigenvalue weighted by molar-refractivity contribution is -0.140. The summed E-state index contributed by atoms with van der Waals surface area (Å²) in [6.45, 7) is 4.02. The molecule has 74 valence electrons. The van der Waals surface area contributed by atoms with Crippen LogP contribution in [0.3, 0.4) is 0 Å². The number of rotatable bonds is 2. The Morgan fingerprint density at radius 1 is 1.62 bits per heavy atom. The number of hydrogen-bond acceptors (Lipinski definition) is 2. The summed E-state index contributed by atoms with van der Waals surface area (Å²) in [5.74, 6) is -0.945. The Hall–Kier alpha value is -1.26. The van der Waals surface area contributed by atoms with Crippen molar-refractivity contribution in [1.29, 1.82) is 0 Å². The third kappa shape index (κ3) is 1.59. The van der Waals surface area contributed by atoms with Crippen LogP contribution in [0.15, 0.2) is 0 Å². The standard InChI is InChI=1S/C8H14N2O3/c1-5(2)10-4-6(7(11)12)9(3)8(10)13/h5-6H,4H2,1-3H3,(H,11,12). The van der Waals surface area contributed by atoms with Crippen LogP contribution in [-0.4, -0.2) is 52.6 Å². The second-order valence-electron chi connectivity index (χ2n) is 3.49. The SMILES string of the molecule is CC(C)N1CC(C(=O)O)N(C)C1=O. The van der Waals surface area contributed by atoms with Gasteiger partial charge in [-0.3, -0.25) is 0 Å². The first kappa shape index (κ1) is 9.83. The fourth-order valence-electron chi connectivity index (χ4n) is 1.40. The average Bonchev–Trinajstić information content (AvgIpc) is 2.29. The number of aliphatic carboxylic acids is 1. The fraction of sp³-hybridized carbons (Fsp3) is 0.750. The topological polar surface area (TPSA) is 60.9 Å². The molecule has 1 unspecified atom stereocenters. The number of hydrogen-bond donors (Lipinski definition) is 1. The minimum Gasteiger partial charge on any atom is -0.480 e. The van der Waals surface area contributed by atoms with Crippen molar-refractivity contribution in [3.8, 4) is 0 Å². The van der Waals surface area contributed by atoms with Crippen LogP contribution in [-0.2, 0) is 4.79 Å². The van der Waals surface area contributed by atoms with Crippen LogP contribution in [0.1, 0.15) is 13.8 Å². The first-order valence-corrected chi connectivity index (χ1v) is 4.21. The number of nitrogens with zero attached hydrogens (tertiary/aromatic N) is 2. The Kier molecular flexibility index (Phi) is 2.45. The molecule has 0 aromatic heterocycles. The molecule has 0 aromatic rings. The van der Waals surface area contributed by atoms with Crippen molar-refractivity contribution in [2.75, 3.05) is 13.6 Å². The molecule has 1 atom stereocenters. The minimum atomic E-state index is -0.945. The number of carbonyl (C=O) groups excluding carboxylic acids is 1. The second-order valence-corrected chi connectivity index (χ2v) is 3.49. The monoisotopic (exact) mass is 186 g/mol. The van der Waals surface area contributed by atoms with E-state index in [1.807, 2.05) is 13.8 Å². The third-order valence-corrected chi connectivity index (χ3v) is 2.29. The van der Waals surface area contributed by atoms with E-state index in [-0.39, 0.29) is 18.6 Å². The van der Waals surface area contributed by atoms with E-state index < -0.39 is 12.0 Å². The van der Waals surface area contributed by atoms with Gasteiger partial charge in [-0.1, -0.05) is 0 Å². The van der Waals surface area contributed by atoms with Gasteiger partial charge in [-0.15, -0.1) is 0 Å². The molecule has 1 aliphatic heterocycles. The van der Waals surface area contributed by atoms with Gasteiger partial charge < -0.3 is 14.9 Å². The number of likely N-dealkylation sites (N-methyl/N-ethyl adjacent to an activating group) is 1. The second kappa shape index (κ2) is 3.24. The number of carbonyl (C=O) groups is 2. The Balaban J connectivity index is 2.78. The molecule has 1 rings (SSSR count). The van der Waals surface area contributed by atoms with E-state index in [4.69, 9.17) is 5.11 Å². The van der Waals surface area contributed by atoms with Gasteiger partial charge in [0.05, 0.1) is 6.54 Å². The summed E-state index contributed by atoms with van der Waals surface area (Å²) in [6, 6.07) is -0.850. The highest BCUT2D eigenvalue weighted by atomic mass is 16.4. The smallest absolute Gasteiger partial charge is 0.328 e. The third-order valence-electron chi connectivity index (χ3n) is 2.29. The van der Waals surface area contributed by atoms with Crippen LogP contribution in [0.2, 0.25) is 0 Å². The zero-order chi connectivity index (χ0) is 10.2. The van der Waals surface area contributed by atoms with E-state index in [1.165, 1.54) is 11.9 Å². The lowest BCUT2D eigenvalue weighted by atomic mass is 10.3. The van der Waals surface area contributed by atoms with Gasteiger partial charge in [-0.05, 0) is 13.8 Å². The summed E-state index contributed by atoms with van der Waals surface area (Å²) in [5.41, 5.74) is 0. The van der Waals surface area contributed by atoms with Gasteiger partial charge in [0.15, 0.2) is 0 Å². The van der Waals surface area contributed by atoms with Gasteiger partial charge in [-0.25, -0.2) is 9.59 Å². The van der Waals surface area contributed by atoms with Crippen molar-refractivity contribution < 1.29 is 14.7 Å². The Labute approximate surface area is 76.9 Å². The van der Waals surface area contributed by atoms with E-state index in [0.29, 0.717) is 0 Å². The van der Waals surface area contributed by atoms with Crippen LogP contribution in [0.5, 0.6) is 0 Å². The van der Waals surface area contributed by atoms with Crippen LogP contribution >= 0.6 is 0 Å². The lowest BCUT2D eigenvalue weighted by Gasteiger charge is -2.19. The van der Waals surface area contributed by atoms with Crippen LogP contribution < -0.4 is 0 Å². The molecule has 0 aliphatic carbocycles. The Morgan fingerprint density at radius 2 is 2.15 bits per heavy atom. The molecular weight excluding hydrogens is 172 g/mol. The highest BCUT2D eigenvalue weighted by Gasteiger charge is 2.39. The van der Waals surface area contributed by atoms with Gasteiger partial charge >= 0.3 is 12.0 Å². The van der Waals surface area contributed by atoms with Gasteiger partial charge in [-0.2, -0.15) is 0 Å². The minimum absolute atomic E-state index is 0.0549. The summed E-state index contributed by atoms with van der Waals surface area (Å²) in [6.07, 6.45) is 0. The largest absolute Gasteiger partial charge is 0.480 e. The molecule has 1 saturated heterocycles. The molecule has 0 aromatic carbocycles. The highest BCUT2D eigenvalue weighted by Crippen LogP contribution is 2.16. The lowest BCUT2D eigenvalue weighted by Crippen LogP contribution is -2.36. The molecule has 5 nitrogen and oxygen atoms in total. The van der Waals surface area contributed by atoms with Crippen LogP contribution in [0.4, 0.5) is 4.79 Å². The molecule has 0 radical (unpaired) electrons. The van der Waals surface area contributed by atoms with Crippen LogP contribution in [0, 0.1) is 0 Å².